The summed E-state index contributed by atoms with van der Waals surface area (Å²) in [6, 6.07) is 4.13. The molecule has 2 aliphatic rings. The van der Waals surface area contributed by atoms with Crippen molar-refractivity contribution in [3.05, 3.63) is 52.3 Å². The number of phenols is 1. The molecule has 20 heavy (non-hydrogen) atoms. The van der Waals surface area contributed by atoms with Crippen LogP contribution in [0.1, 0.15) is 27.1 Å². The number of aliphatic hydroxyl groups excluding tert-OH is 1. The first-order valence-electron chi connectivity index (χ1n) is 5.81. The smallest absolute Gasteiger partial charge is 0.201 e. The predicted octanol–water partition coefficient (Wildman–Crippen LogP) is 2.00. The number of carbonyl (C=O) groups is 2. The highest BCUT2D eigenvalue weighted by Crippen LogP contribution is 2.44. The fourth-order valence-electron chi connectivity index (χ4n) is 2.50. The van der Waals surface area contributed by atoms with Crippen LogP contribution in [0.25, 0.3) is 0 Å². The number of halogens is 1. The highest BCUT2D eigenvalue weighted by Gasteiger charge is 2.46. The maximum absolute atomic E-state index is 12.5. The van der Waals surface area contributed by atoms with Crippen LogP contribution in [-0.2, 0) is 0 Å². The van der Waals surface area contributed by atoms with Gasteiger partial charge in [0.15, 0.2) is 10.3 Å². The third kappa shape index (κ3) is 1.58. The van der Waals surface area contributed by atoms with Gasteiger partial charge in [0.1, 0.15) is 11.5 Å². The molecule has 0 fully saturated rings. The van der Waals surface area contributed by atoms with Crippen LogP contribution >= 0.6 is 15.9 Å². The van der Waals surface area contributed by atoms with E-state index >= 15 is 0 Å². The van der Waals surface area contributed by atoms with Crippen LogP contribution in [0.5, 0.6) is 5.75 Å². The Balaban J connectivity index is 2.36. The zero-order valence-corrected chi connectivity index (χ0v) is 11.6. The van der Waals surface area contributed by atoms with Gasteiger partial charge < -0.3 is 15.3 Å². The summed E-state index contributed by atoms with van der Waals surface area (Å²) in [5.41, 5.74) is -0.599. The Morgan fingerprint density at radius 2 is 1.85 bits per heavy atom. The molecule has 0 saturated heterocycles. The first kappa shape index (κ1) is 13.1. The molecule has 0 aromatic heterocycles. The van der Waals surface area contributed by atoms with Crippen LogP contribution in [-0.4, -0.2) is 31.4 Å². The van der Waals surface area contributed by atoms with Crippen molar-refractivity contribution in [2.75, 3.05) is 0 Å². The molecule has 1 unspecified atom stereocenters. The van der Waals surface area contributed by atoms with E-state index in [0.717, 1.165) is 0 Å². The second kappa shape index (κ2) is 4.04. The molecule has 0 bridgehead atoms. The summed E-state index contributed by atoms with van der Waals surface area (Å²) in [6.07, 6.45) is 1.22. The topological polar surface area (TPSA) is 94.8 Å². The number of rotatable bonds is 0. The summed E-state index contributed by atoms with van der Waals surface area (Å²) in [5, 5.41) is 29.9. The van der Waals surface area contributed by atoms with Crippen molar-refractivity contribution in [2.45, 2.75) is 10.9 Å². The molecular weight excluding hydrogens is 328 g/mol. The summed E-state index contributed by atoms with van der Waals surface area (Å²) in [6.45, 7) is 0. The average Bonchev–Trinajstić information content (AvgIpc) is 2.38. The maximum Gasteiger partial charge on any atom is 0.201 e. The third-order valence-electron chi connectivity index (χ3n) is 3.42. The van der Waals surface area contributed by atoms with Crippen LogP contribution in [0.4, 0.5) is 0 Å². The Labute approximate surface area is 122 Å². The number of alkyl halides is 1. The standard InChI is InChI=1S/C14H9BrO5/c15-14(20)5-4-8(17)10-11(14)12(18)6-2-1-3-7(16)9(6)13(10)19/h1-4,16-17,20H,5H2. The van der Waals surface area contributed by atoms with E-state index in [1.807, 2.05) is 0 Å². The van der Waals surface area contributed by atoms with E-state index in [2.05, 4.69) is 15.9 Å². The van der Waals surface area contributed by atoms with E-state index in [9.17, 15) is 24.9 Å². The number of benzene rings is 1. The SMILES string of the molecule is O=C1C2=C(C(=O)c3c(O)cccc31)C(O)=CCC2(O)Br. The number of fused-ring (bicyclic) bond motifs is 1. The van der Waals surface area contributed by atoms with Crippen molar-refractivity contribution < 1.29 is 24.9 Å². The van der Waals surface area contributed by atoms with Crippen molar-refractivity contribution in [2.24, 2.45) is 0 Å². The molecule has 5 nitrogen and oxygen atoms in total. The molecule has 3 N–H and O–H groups in total. The van der Waals surface area contributed by atoms with Crippen LogP contribution in [0.3, 0.4) is 0 Å². The molecule has 0 aliphatic heterocycles. The molecule has 0 heterocycles. The van der Waals surface area contributed by atoms with Gasteiger partial charge in [0.05, 0.1) is 16.7 Å². The first-order valence-corrected chi connectivity index (χ1v) is 6.61. The Bertz CT molecular complexity index is 727. The Kier molecular flexibility index (Phi) is 2.64. The lowest BCUT2D eigenvalue weighted by Crippen LogP contribution is -2.37. The van der Waals surface area contributed by atoms with Crippen molar-refractivity contribution in [1.29, 1.82) is 0 Å². The molecule has 0 amide bonds. The fourth-order valence-corrected chi connectivity index (χ4v) is 3.04. The van der Waals surface area contributed by atoms with E-state index in [4.69, 9.17) is 0 Å². The van der Waals surface area contributed by atoms with E-state index in [1.165, 1.54) is 24.3 Å². The molecule has 3 rings (SSSR count). The molecule has 1 aromatic rings. The zero-order chi connectivity index (χ0) is 14.7. The molecule has 0 spiro atoms. The summed E-state index contributed by atoms with van der Waals surface area (Å²) in [5.74, 6) is -1.97. The van der Waals surface area contributed by atoms with Crippen LogP contribution in [0.2, 0.25) is 0 Å². The Morgan fingerprint density at radius 1 is 1.15 bits per heavy atom. The van der Waals surface area contributed by atoms with Crippen molar-refractivity contribution in [1.82, 2.24) is 0 Å². The molecule has 1 atom stereocenters. The summed E-state index contributed by atoms with van der Waals surface area (Å²) < 4.78 is -1.70. The van der Waals surface area contributed by atoms with Crippen LogP contribution < -0.4 is 0 Å². The van der Waals surface area contributed by atoms with Gasteiger partial charge in [-0.1, -0.05) is 12.1 Å². The first-order chi connectivity index (χ1) is 9.34. The minimum atomic E-state index is -1.70. The van der Waals surface area contributed by atoms with Crippen molar-refractivity contribution in [3.63, 3.8) is 0 Å². The number of Topliss-reactive ketones (excluding diaryl/α,β-unsaturated/α-hetero) is 2. The number of hydrogen-bond donors (Lipinski definition) is 3. The minimum Gasteiger partial charge on any atom is -0.508 e. The lowest BCUT2D eigenvalue weighted by atomic mass is 9.77. The quantitative estimate of drug-likeness (QED) is 0.630. The zero-order valence-electron chi connectivity index (χ0n) is 10.1. The molecule has 0 radical (unpaired) electrons. The molecule has 2 aliphatic carbocycles. The van der Waals surface area contributed by atoms with Gasteiger partial charge in [-0.15, -0.1) is 0 Å². The number of allylic oxidation sites excluding steroid dienone is 1. The number of carbonyl (C=O) groups excluding carboxylic acids is 2. The monoisotopic (exact) mass is 336 g/mol. The number of aromatic hydroxyl groups is 1. The lowest BCUT2D eigenvalue weighted by molar-refractivity contribution is 0.0908. The Hall–Kier alpha value is -1.92. The van der Waals surface area contributed by atoms with Gasteiger partial charge in [0, 0.05) is 12.0 Å². The van der Waals surface area contributed by atoms with Crippen molar-refractivity contribution in [3.8, 4) is 5.75 Å². The maximum atomic E-state index is 12.5. The lowest BCUT2D eigenvalue weighted by Gasteiger charge is -2.32. The number of hydrogen-bond acceptors (Lipinski definition) is 5. The minimum absolute atomic E-state index is 0.0151. The third-order valence-corrected chi connectivity index (χ3v) is 4.14. The highest BCUT2D eigenvalue weighted by atomic mass is 79.9. The van der Waals surface area contributed by atoms with Gasteiger partial charge in [-0.05, 0) is 28.1 Å². The second-order valence-corrected chi connectivity index (χ2v) is 5.97. The van der Waals surface area contributed by atoms with Gasteiger partial charge in [0.25, 0.3) is 0 Å². The molecule has 102 valence electrons. The molecule has 6 heteroatoms. The van der Waals surface area contributed by atoms with Crippen LogP contribution in [0, 0.1) is 0 Å². The molecule has 0 saturated carbocycles. The van der Waals surface area contributed by atoms with Gasteiger partial charge >= 0.3 is 0 Å². The highest BCUT2D eigenvalue weighted by molar-refractivity contribution is 9.10. The molecular formula is C14H9BrO5. The van der Waals surface area contributed by atoms with Crippen molar-refractivity contribution >= 4 is 27.5 Å². The second-order valence-electron chi connectivity index (χ2n) is 4.66. The van der Waals surface area contributed by atoms with E-state index in [0.29, 0.717) is 0 Å². The summed E-state index contributed by atoms with van der Waals surface area (Å²) in [7, 11) is 0. The fraction of sp³-hybridized carbons (Fsp3) is 0.143. The van der Waals surface area contributed by atoms with E-state index in [-0.39, 0.29) is 40.2 Å². The number of phenolic OH excluding ortho intramolecular Hbond substituents is 1. The predicted molar refractivity (Wildman–Crippen MR) is 73.0 cm³/mol. The summed E-state index contributed by atoms with van der Waals surface area (Å²) in [4.78, 5) is 24.9. The number of ketones is 2. The van der Waals surface area contributed by atoms with Gasteiger partial charge in [0.2, 0.25) is 5.78 Å². The average molecular weight is 337 g/mol. The van der Waals surface area contributed by atoms with E-state index < -0.39 is 16.1 Å². The van der Waals surface area contributed by atoms with E-state index in [1.54, 1.807) is 0 Å². The number of aliphatic hydroxyl groups is 2. The Morgan fingerprint density at radius 3 is 2.55 bits per heavy atom. The summed E-state index contributed by atoms with van der Waals surface area (Å²) >= 11 is 3.01. The van der Waals surface area contributed by atoms with Gasteiger partial charge in [-0.3, -0.25) is 9.59 Å². The molecule has 1 aromatic carbocycles. The van der Waals surface area contributed by atoms with Gasteiger partial charge in [-0.25, -0.2) is 0 Å². The van der Waals surface area contributed by atoms with Gasteiger partial charge in [-0.2, -0.15) is 0 Å². The normalized spacial score (nSPS) is 25.2. The largest absolute Gasteiger partial charge is 0.508 e. The van der Waals surface area contributed by atoms with Crippen LogP contribution in [0.15, 0.2) is 41.2 Å².